The minimum Gasteiger partial charge on any atom is -0.511 e. The summed E-state index contributed by atoms with van der Waals surface area (Å²) in [6.45, 7) is 1.84. The molecule has 0 aromatic heterocycles. The van der Waals surface area contributed by atoms with E-state index in [1.807, 2.05) is 0 Å². The number of hydrogen-bond donors (Lipinski definition) is 6. The molecule has 0 saturated heterocycles. The molecule has 0 aliphatic carbocycles. The van der Waals surface area contributed by atoms with Crippen molar-refractivity contribution in [2.75, 3.05) is 52.6 Å². The number of aliphatic hydroxyl groups excluding tert-OH is 4. The van der Waals surface area contributed by atoms with Crippen LogP contribution in [0.25, 0.3) is 0 Å². The van der Waals surface area contributed by atoms with Gasteiger partial charge < -0.3 is 34.5 Å². The molecular formula is C8H22NO7Si+. The molecule has 8 nitrogen and oxygen atoms in total. The summed E-state index contributed by atoms with van der Waals surface area (Å²) in [5, 5.41) is 35.3. The van der Waals surface area contributed by atoms with Gasteiger partial charge in [0.05, 0.1) is 26.4 Å². The van der Waals surface area contributed by atoms with Gasteiger partial charge in [-0.05, 0) is 0 Å². The highest BCUT2D eigenvalue weighted by Crippen LogP contribution is 2.04. The minimum absolute atomic E-state index is 0. The molecule has 0 aliphatic heterocycles. The van der Waals surface area contributed by atoms with Gasteiger partial charge in [-0.2, -0.15) is 0 Å². The Morgan fingerprint density at radius 3 is 1.00 bits per heavy atom. The fourth-order valence-corrected chi connectivity index (χ4v) is 1.52. The Hall–Kier alpha value is -0.583. The molecule has 0 spiro atoms. The van der Waals surface area contributed by atoms with Gasteiger partial charge in [-0.15, -0.1) is 0 Å². The second-order valence-electron chi connectivity index (χ2n) is 3.41. The Kier molecular flexibility index (Phi) is 13.1. The van der Waals surface area contributed by atoms with Crippen LogP contribution in [0.1, 0.15) is 0 Å². The average Bonchev–Trinajstić information content (AvgIpc) is 2.18. The molecule has 0 radical (unpaired) electrons. The quantitative estimate of drug-likeness (QED) is 0.196. The van der Waals surface area contributed by atoms with Gasteiger partial charge in [-0.1, -0.05) is 0 Å². The minimum atomic E-state index is -3.13. The molecule has 0 bridgehead atoms. The third kappa shape index (κ3) is 11.7. The number of quaternary nitrogens is 1. The molecule has 0 amide bonds. The summed E-state index contributed by atoms with van der Waals surface area (Å²) >= 11 is 0. The van der Waals surface area contributed by atoms with E-state index in [1.165, 1.54) is 0 Å². The molecular weight excluding hydrogens is 250 g/mol. The largest absolute Gasteiger partial charge is 0.761 e. The first kappa shape index (κ1) is 18.8. The highest BCUT2D eigenvalue weighted by atomic mass is 28.3. The Labute approximate surface area is 101 Å². The average molecular weight is 272 g/mol. The molecule has 0 aliphatic rings. The van der Waals surface area contributed by atoms with Crippen molar-refractivity contribution in [2.24, 2.45) is 0 Å². The van der Waals surface area contributed by atoms with Gasteiger partial charge in [-0.3, -0.25) is 4.46 Å². The topological polar surface area (TPSA) is 138 Å². The number of hydrogen-bond acceptors (Lipinski definition) is 5. The summed E-state index contributed by atoms with van der Waals surface area (Å²) in [5.74, 6) is 0. The maximum atomic E-state index is 8.82. The lowest BCUT2D eigenvalue weighted by molar-refractivity contribution is -0.929. The van der Waals surface area contributed by atoms with Crippen LogP contribution >= 0.6 is 0 Å². The van der Waals surface area contributed by atoms with Crippen molar-refractivity contribution in [3.8, 4) is 0 Å². The molecule has 104 valence electrons. The fraction of sp³-hybridized carbons (Fsp3) is 1.00. The van der Waals surface area contributed by atoms with Gasteiger partial charge in [-0.25, -0.2) is 0 Å². The number of rotatable bonds is 8. The zero-order chi connectivity index (χ0) is 13.7. The maximum Gasteiger partial charge on any atom is 0.761 e. The van der Waals surface area contributed by atoms with Gasteiger partial charge in [0.2, 0.25) is 0 Å². The molecule has 0 fully saturated rings. The monoisotopic (exact) mass is 272 g/mol. The predicted molar refractivity (Wildman–Crippen MR) is 58.9 cm³/mol. The van der Waals surface area contributed by atoms with Crippen LogP contribution in [-0.4, -0.2) is 96.3 Å². The molecule has 0 saturated carbocycles. The maximum absolute atomic E-state index is 8.82. The Bertz CT molecular complexity index is 159. The summed E-state index contributed by atoms with van der Waals surface area (Å²) < 4.78 is 9.12. The highest BCUT2D eigenvalue weighted by Gasteiger charge is 2.24. The Morgan fingerprint density at radius 1 is 0.706 bits per heavy atom. The molecule has 17 heavy (non-hydrogen) atoms. The van der Waals surface area contributed by atoms with E-state index in [0.717, 1.165) is 0 Å². The van der Waals surface area contributed by atoms with Crippen LogP contribution in [0.15, 0.2) is 0 Å². The summed E-state index contributed by atoms with van der Waals surface area (Å²) in [7, 11) is -3.13. The van der Waals surface area contributed by atoms with Crippen molar-refractivity contribution in [1.82, 2.24) is 0 Å². The van der Waals surface area contributed by atoms with Crippen LogP contribution in [0.3, 0.4) is 0 Å². The zero-order valence-corrected chi connectivity index (χ0v) is 10.7. The van der Waals surface area contributed by atoms with Crippen LogP contribution in [0.4, 0.5) is 0 Å². The molecule has 0 heterocycles. The van der Waals surface area contributed by atoms with Crippen LogP contribution in [0, 0.1) is 0 Å². The van der Waals surface area contributed by atoms with E-state index in [1.54, 1.807) is 0 Å². The van der Waals surface area contributed by atoms with Crippen molar-refractivity contribution in [3.05, 3.63) is 0 Å². The summed E-state index contributed by atoms with van der Waals surface area (Å²) in [4.78, 5) is 14.3. The lowest BCUT2D eigenvalue weighted by atomic mass is 10.3. The van der Waals surface area contributed by atoms with Crippen LogP contribution in [0.5, 0.6) is 0 Å². The standard InChI is InChI=1S/C8H20NO4.H2O3Si/c10-5-1-9(2-6-11,3-7-12)4-8-13;1-4(2)3/h10-13H,1-8H2;1-2H/q+1;. The lowest BCUT2D eigenvalue weighted by Crippen LogP contribution is -2.54. The Morgan fingerprint density at radius 2 is 0.882 bits per heavy atom. The molecule has 0 unspecified atom stereocenters. The van der Waals surface area contributed by atoms with Crippen molar-refractivity contribution in [1.29, 1.82) is 0 Å². The first-order chi connectivity index (χ1) is 7.97. The SMILES string of the molecule is O=[Si](O)O.OCC[N+](CCO)(CCO)CCO. The van der Waals surface area contributed by atoms with Gasteiger partial charge in [0, 0.05) is 0 Å². The second-order valence-corrected chi connectivity index (χ2v) is 3.98. The predicted octanol–water partition coefficient (Wildman–Crippen LogP) is -3.84. The van der Waals surface area contributed by atoms with Crippen LogP contribution in [-0.2, 0) is 4.46 Å². The smallest absolute Gasteiger partial charge is 0.511 e. The van der Waals surface area contributed by atoms with E-state index < -0.39 is 9.17 Å². The van der Waals surface area contributed by atoms with Gasteiger partial charge >= 0.3 is 9.17 Å². The summed E-state index contributed by atoms with van der Waals surface area (Å²) in [6, 6.07) is 0. The van der Waals surface area contributed by atoms with E-state index in [-0.39, 0.29) is 26.4 Å². The van der Waals surface area contributed by atoms with Gasteiger partial charge in [0.25, 0.3) is 0 Å². The summed E-state index contributed by atoms with van der Waals surface area (Å²) in [6.07, 6.45) is 0. The second kappa shape index (κ2) is 11.9. The first-order valence-corrected chi connectivity index (χ1v) is 6.48. The molecule has 0 rings (SSSR count). The van der Waals surface area contributed by atoms with Gasteiger partial charge in [0.15, 0.2) is 0 Å². The Balaban J connectivity index is 0. The zero-order valence-electron chi connectivity index (χ0n) is 9.70. The van der Waals surface area contributed by atoms with E-state index in [0.29, 0.717) is 30.7 Å². The highest BCUT2D eigenvalue weighted by molar-refractivity contribution is 6.22. The third-order valence-electron chi connectivity index (χ3n) is 2.30. The molecule has 0 atom stereocenters. The van der Waals surface area contributed by atoms with E-state index in [4.69, 9.17) is 34.5 Å². The normalized spacial score (nSPS) is 10.6. The van der Waals surface area contributed by atoms with Crippen molar-refractivity contribution in [2.45, 2.75) is 0 Å². The van der Waals surface area contributed by atoms with Crippen molar-refractivity contribution in [3.63, 3.8) is 0 Å². The van der Waals surface area contributed by atoms with Gasteiger partial charge in [0.1, 0.15) is 26.2 Å². The fourth-order valence-electron chi connectivity index (χ4n) is 1.52. The van der Waals surface area contributed by atoms with Crippen LogP contribution < -0.4 is 0 Å². The van der Waals surface area contributed by atoms with Crippen molar-refractivity contribution < 1.29 is 39.0 Å². The van der Waals surface area contributed by atoms with Crippen molar-refractivity contribution >= 4 is 9.17 Å². The molecule has 9 heteroatoms. The molecule has 0 aromatic rings. The third-order valence-corrected chi connectivity index (χ3v) is 2.30. The lowest BCUT2D eigenvalue weighted by Gasteiger charge is -2.36. The number of aliphatic hydroxyl groups is 4. The molecule has 0 aromatic carbocycles. The van der Waals surface area contributed by atoms with E-state index in [2.05, 4.69) is 0 Å². The first-order valence-electron chi connectivity index (χ1n) is 5.18. The number of nitrogens with zero attached hydrogens (tertiary/aromatic N) is 1. The van der Waals surface area contributed by atoms with E-state index >= 15 is 0 Å². The van der Waals surface area contributed by atoms with Crippen LogP contribution in [0.2, 0.25) is 0 Å². The summed E-state index contributed by atoms with van der Waals surface area (Å²) in [5.41, 5.74) is 0. The molecule has 6 N–H and O–H groups in total. The van der Waals surface area contributed by atoms with E-state index in [9.17, 15) is 0 Å².